The van der Waals surface area contributed by atoms with Gasteiger partial charge in [0.15, 0.2) is 0 Å². The van der Waals surface area contributed by atoms with Gasteiger partial charge in [-0.2, -0.15) is 5.10 Å². The number of nitrogens with one attached hydrogen (secondary N) is 2. The molecule has 1 aliphatic rings. The molecule has 0 aromatic carbocycles. The Hall–Kier alpha value is -2.05. The van der Waals surface area contributed by atoms with Crippen LogP contribution in [-0.2, 0) is 11.3 Å². The molecule has 0 bridgehead atoms. The van der Waals surface area contributed by atoms with Crippen molar-refractivity contribution in [3.63, 3.8) is 0 Å². The number of rotatable bonds is 5. The fourth-order valence-corrected chi connectivity index (χ4v) is 2.78. The largest absolute Gasteiger partial charge is 0.340 e. The van der Waals surface area contributed by atoms with Crippen molar-refractivity contribution in [3.05, 3.63) is 18.0 Å². The second-order valence-corrected chi connectivity index (χ2v) is 6.64. The third-order valence-corrected chi connectivity index (χ3v) is 4.06. The molecule has 7 nitrogen and oxygen atoms in total. The van der Waals surface area contributed by atoms with Crippen molar-refractivity contribution in [1.82, 2.24) is 25.3 Å². The van der Waals surface area contributed by atoms with Gasteiger partial charge in [-0.15, -0.1) is 0 Å². The summed E-state index contributed by atoms with van der Waals surface area (Å²) in [5, 5.41) is 9.68. The summed E-state index contributed by atoms with van der Waals surface area (Å²) in [6.07, 6.45) is 3.37. The van der Waals surface area contributed by atoms with E-state index >= 15 is 0 Å². The SMILES string of the molecule is CC(C)CNC(=O)N1CCCC(C(=O)N(C)Cc2ccn[nH]2)C1. The smallest absolute Gasteiger partial charge is 0.317 e. The third kappa shape index (κ3) is 4.97. The van der Waals surface area contributed by atoms with E-state index in [1.165, 1.54) is 0 Å². The number of carbonyl (C=O) groups excluding carboxylic acids is 2. The van der Waals surface area contributed by atoms with Gasteiger partial charge in [0, 0.05) is 32.9 Å². The maximum Gasteiger partial charge on any atom is 0.317 e. The number of urea groups is 1. The van der Waals surface area contributed by atoms with Gasteiger partial charge in [-0.05, 0) is 24.8 Å². The summed E-state index contributed by atoms with van der Waals surface area (Å²) >= 11 is 0. The number of carbonyl (C=O) groups is 2. The summed E-state index contributed by atoms with van der Waals surface area (Å²) in [6.45, 7) is 6.51. The van der Waals surface area contributed by atoms with Crippen molar-refractivity contribution in [2.75, 3.05) is 26.7 Å². The van der Waals surface area contributed by atoms with E-state index in [1.807, 2.05) is 6.07 Å². The molecular weight excluding hydrogens is 294 g/mol. The number of aromatic amines is 1. The maximum absolute atomic E-state index is 12.6. The van der Waals surface area contributed by atoms with Gasteiger partial charge in [0.1, 0.15) is 0 Å². The summed E-state index contributed by atoms with van der Waals surface area (Å²) < 4.78 is 0. The van der Waals surface area contributed by atoms with Crippen LogP contribution in [0.5, 0.6) is 0 Å². The number of nitrogens with zero attached hydrogens (tertiary/aromatic N) is 3. The summed E-state index contributed by atoms with van der Waals surface area (Å²) in [4.78, 5) is 28.2. The van der Waals surface area contributed by atoms with Crippen LogP contribution >= 0.6 is 0 Å². The van der Waals surface area contributed by atoms with Gasteiger partial charge in [0.2, 0.25) is 5.91 Å². The highest BCUT2D eigenvalue weighted by Crippen LogP contribution is 2.19. The summed E-state index contributed by atoms with van der Waals surface area (Å²) in [5.74, 6) is 0.379. The van der Waals surface area contributed by atoms with Crippen LogP contribution in [0.4, 0.5) is 4.79 Å². The van der Waals surface area contributed by atoms with Gasteiger partial charge in [-0.25, -0.2) is 4.79 Å². The zero-order valence-corrected chi connectivity index (χ0v) is 14.2. The Morgan fingerprint density at radius 2 is 2.30 bits per heavy atom. The van der Waals surface area contributed by atoms with Crippen LogP contribution < -0.4 is 5.32 Å². The highest BCUT2D eigenvalue weighted by molar-refractivity contribution is 5.80. The highest BCUT2D eigenvalue weighted by atomic mass is 16.2. The van der Waals surface area contributed by atoms with Gasteiger partial charge >= 0.3 is 6.03 Å². The predicted molar refractivity (Wildman–Crippen MR) is 87.6 cm³/mol. The molecule has 2 rings (SSSR count). The molecule has 2 N–H and O–H groups in total. The Bertz CT molecular complexity index is 515. The van der Waals surface area contributed by atoms with Crippen LogP contribution in [0.2, 0.25) is 0 Å². The van der Waals surface area contributed by atoms with Crippen molar-refractivity contribution in [3.8, 4) is 0 Å². The fraction of sp³-hybridized carbons (Fsp3) is 0.688. The minimum atomic E-state index is -0.124. The van der Waals surface area contributed by atoms with E-state index in [0.717, 1.165) is 25.1 Å². The molecule has 0 spiro atoms. The Morgan fingerprint density at radius 3 is 2.96 bits per heavy atom. The number of amides is 3. The summed E-state index contributed by atoms with van der Waals surface area (Å²) in [7, 11) is 1.79. The lowest BCUT2D eigenvalue weighted by Crippen LogP contribution is -2.49. The zero-order chi connectivity index (χ0) is 16.8. The number of H-pyrrole nitrogens is 1. The lowest BCUT2D eigenvalue weighted by atomic mass is 9.97. The third-order valence-electron chi connectivity index (χ3n) is 4.06. The first kappa shape index (κ1) is 17.3. The van der Waals surface area contributed by atoms with Gasteiger partial charge in [-0.3, -0.25) is 9.89 Å². The minimum Gasteiger partial charge on any atom is -0.340 e. The quantitative estimate of drug-likeness (QED) is 0.861. The van der Waals surface area contributed by atoms with Crippen LogP contribution in [0.15, 0.2) is 12.3 Å². The first-order valence-corrected chi connectivity index (χ1v) is 8.23. The van der Waals surface area contributed by atoms with Crippen LogP contribution in [0, 0.1) is 11.8 Å². The lowest BCUT2D eigenvalue weighted by Gasteiger charge is -2.34. The molecule has 1 saturated heterocycles. The number of hydrogen-bond acceptors (Lipinski definition) is 3. The number of piperidine rings is 1. The van der Waals surface area contributed by atoms with Crippen LogP contribution in [0.1, 0.15) is 32.4 Å². The van der Waals surface area contributed by atoms with E-state index < -0.39 is 0 Å². The van der Waals surface area contributed by atoms with Crippen LogP contribution in [-0.4, -0.2) is 58.6 Å². The molecule has 1 aromatic heterocycles. The highest BCUT2D eigenvalue weighted by Gasteiger charge is 2.30. The Balaban J connectivity index is 1.86. The number of hydrogen-bond donors (Lipinski definition) is 2. The predicted octanol–water partition coefficient (Wildman–Crippen LogP) is 1.45. The fourth-order valence-electron chi connectivity index (χ4n) is 2.78. The standard InChI is InChI=1S/C16H27N5O2/c1-12(2)9-17-16(23)21-8-4-5-13(10-21)15(22)20(3)11-14-6-7-18-19-14/h6-7,12-13H,4-5,8-11H2,1-3H3,(H,17,23)(H,18,19). The second kappa shape index (κ2) is 7.99. The van der Waals surface area contributed by atoms with Gasteiger partial charge in [-0.1, -0.05) is 13.8 Å². The molecule has 1 fully saturated rings. The Kier molecular flexibility index (Phi) is 6.01. The number of aromatic nitrogens is 2. The molecule has 3 amide bonds. The molecule has 23 heavy (non-hydrogen) atoms. The van der Waals surface area contributed by atoms with E-state index in [1.54, 1.807) is 23.0 Å². The van der Waals surface area contributed by atoms with Crippen LogP contribution in [0.25, 0.3) is 0 Å². The normalized spacial score (nSPS) is 18.1. The lowest BCUT2D eigenvalue weighted by molar-refractivity contribution is -0.136. The maximum atomic E-state index is 12.6. The molecule has 0 saturated carbocycles. The molecule has 128 valence electrons. The number of likely N-dealkylation sites (tertiary alicyclic amines) is 1. The first-order valence-electron chi connectivity index (χ1n) is 8.23. The molecule has 1 aromatic rings. The second-order valence-electron chi connectivity index (χ2n) is 6.64. The van der Waals surface area contributed by atoms with Crippen molar-refractivity contribution in [1.29, 1.82) is 0 Å². The molecule has 1 atom stereocenters. The van der Waals surface area contributed by atoms with Crippen molar-refractivity contribution < 1.29 is 9.59 Å². The monoisotopic (exact) mass is 321 g/mol. The molecule has 0 aliphatic carbocycles. The molecule has 1 aliphatic heterocycles. The van der Waals surface area contributed by atoms with E-state index in [9.17, 15) is 9.59 Å². The van der Waals surface area contributed by atoms with Crippen molar-refractivity contribution in [2.45, 2.75) is 33.2 Å². The first-order chi connectivity index (χ1) is 11.0. The van der Waals surface area contributed by atoms with Gasteiger partial charge in [0.25, 0.3) is 0 Å². The molecule has 2 heterocycles. The Morgan fingerprint density at radius 1 is 1.52 bits per heavy atom. The topological polar surface area (TPSA) is 81.3 Å². The molecule has 1 unspecified atom stereocenters. The van der Waals surface area contributed by atoms with Gasteiger partial charge < -0.3 is 15.1 Å². The average molecular weight is 321 g/mol. The van der Waals surface area contributed by atoms with E-state index in [4.69, 9.17) is 0 Å². The summed E-state index contributed by atoms with van der Waals surface area (Å²) in [5.41, 5.74) is 0.906. The van der Waals surface area contributed by atoms with E-state index in [2.05, 4.69) is 29.4 Å². The molecular formula is C16H27N5O2. The Labute approximate surface area is 137 Å². The molecule has 7 heteroatoms. The average Bonchev–Trinajstić information content (AvgIpc) is 3.04. The zero-order valence-electron chi connectivity index (χ0n) is 14.2. The van der Waals surface area contributed by atoms with E-state index in [-0.39, 0.29) is 17.9 Å². The van der Waals surface area contributed by atoms with Crippen molar-refractivity contribution in [2.24, 2.45) is 11.8 Å². The van der Waals surface area contributed by atoms with Crippen LogP contribution in [0.3, 0.4) is 0 Å². The molecule has 0 radical (unpaired) electrons. The minimum absolute atomic E-state index is 0.0626. The van der Waals surface area contributed by atoms with Gasteiger partial charge in [0.05, 0.1) is 18.2 Å². The van der Waals surface area contributed by atoms with Crippen molar-refractivity contribution >= 4 is 11.9 Å². The van der Waals surface area contributed by atoms with E-state index in [0.29, 0.717) is 25.6 Å². The summed E-state index contributed by atoms with van der Waals surface area (Å²) in [6, 6.07) is 1.79.